The molecule has 2 rings (SSSR count). The van der Waals surface area contributed by atoms with Crippen molar-refractivity contribution in [2.75, 3.05) is 0 Å². The molecule has 0 fully saturated rings. The van der Waals surface area contributed by atoms with Crippen LogP contribution in [0.1, 0.15) is 29.0 Å². The molecule has 0 amide bonds. The van der Waals surface area contributed by atoms with E-state index in [1.165, 1.54) is 29.8 Å². The molecule has 0 spiro atoms. The Bertz CT molecular complexity index is 835. The van der Waals surface area contributed by atoms with E-state index in [9.17, 15) is 0 Å². The highest BCUT2D eigenvalue weighted by Crippen LogP contribution is 2.21. The summed E-state index contributed by atoms with van der Waals surface area (Å²) < 4.78 is 70.6. The Morgan fingerprint density at radius 1 is 1.25 bits per heavy atom. The van der Waals surface area contributed by atoms with Gasteiger partial charge in [-0.3, -0.25) is 0 Å². The van der Waals surface area contributed by atoms with Gasteiger partial charge in [0.25, 0.3) is 0 Å². The van der Waals surface area contributed by atoms with E-state index in [-0.39, 0.29) is 23.5 Å². The largest absolute Gasteiger partial charge is 0.212 e. The summed E-state index contributed by atoms with van der Waals surface area (Å²) in [6.07, 6.45) is -0.323. The van der Waals surface area contributed by atoms with Gasteiger partial charge in [-0.1, -0.05) is 17.7 Å². The standard InChI is InChI=1S/C15H18N/c1-11-5-6-14(13(3)9-11)15-10-12(2)7-8-16(15)4/h5-10H,1-4H3/q+1/i1D3,2D3,7D,8D,10D. The van der Waals surface area contributed by atoms with Gasteiger partial charge in [-0.15, -0.1) is 0 Å². The van der Waals surface area contributed by atoms with Crippen molar-refractivity contribution in [3.8, 4) is 11.3 Å². The minimum Gasteiger partial charge on any atom is -0.201 e. The number of aryl methyl sites for hydroxylation is 2. The summed E-state index contributed by atoms with van der Waals surface area (Å²) in [6, 6.07) is 3.52. The molecule has 82 valence electrons. The van der Waals surface area contributed by atoms with Crippen molar-refractivity contribution in [2.45, 2.75) is 20.6 Å². The van der Waals surface area contributed by atoms with Gasteiger partial charge in [0, 0.05) is 25.9 Å². The summed E-state index contributed by atoms with van der Waals surface area (Å²) in [5.74, 6) is 0. The average Bonchev–Trinajstić information content (AvgIpc) is 2.44. The predicted molar refractivity (Wildman–Crippen MR) is 67.3 cm³/mol. The van der Waals surface area contributed by atoms with Gasteiger partial charge in [0.05, 0.1) is 2.74 Å². The van der Waals surface area contributed by atoms with Crippen LogP contribution in [-0.2, 0) is 7.05 Å². The lowest BCUT2D eigenvalue weighted by Crippen LogP contribution is -2.30. The van der Waals surface area contributed by atoms with Crippen LogP contribution in [0.3, 0.4) is 0 Å². The molecule has 2 aromatic rings. The van der Waals surface area contributed by atoms with Gasteiger partial charge >= 0.3 is 0 Å². The normalized spacial score (nSPS) is 20.2. The number of rotatable bonds is 1. The van der Waals surface area contributed by atoms with Crippen molar-refractivity contribution < 1.29 is 16.9 Å². The summed E-state index contributed by atoms with van der Waals surface area (Å²) in [5.41, 5.74) is 0.833. The second-order valence-electron chi connectivity index (χ2n) is 3.67. The maximum absolute atomic E-state index is 8.30. The third-order valence-corrected chi connectivity index (χ3v) is 2.41. The molecule has 1 aromatic heterocycles. The van der Waals surface area contributed by atoms with E-state index in [4.69, 9.17) is 12.3 Å². The fourth-order valence-electron chi connectivity index (χ4n) is 1.61. The van der Waals surface area contributed by atoms with Crippen LogP contribution >= 0.6 is 0 Å². The Kier molecular flexibility index (Phi) is 1.11. The molecule has 1 nitrogen and oxygen atoms in total. The zero-order valence-corrected chi connectivity index (χ0v) is 9.18. The topological polar surface area (TPSA) is 3.88 Å². The van der Waals surface area contributed by atoms with Crippen LogP contribution in [0.2, 0.25) is 0 Å². The summed E-state index contributed by atoms with van der Waals surface area (Å²) in [7, 11) is 1.48. The van der Waals surface area contributed by atoms with Crippen molar-refractivity contribution in [1.29, 1.82) is 0 Å². The van der Waals surface area contributed by atoms with Crippen molar-refractivity contribution >= 4 is 0 Å². The Hall–Kier alpha value is -1.63. The molecule has 0 saturated carbocycles. The van der Waals surface area contributed by atoms with Crippen LogP contribution in [0.5, 0.6) is 0 Å². The predicted octanol–water partition coefficient (Wildman–Crippen LogP) is 3.10. The Morgan fingerprint density at radius 2 is 2.06 bits per heavy atom. The highest BCUT2D eigenvalue weighted by atomic mass is 14.9. The molecule has 0 unspecified atom stereocenters. The number of benzene rings is 1. The fourth-order valence-corrected chi connectivity index (χ4v) is 1.61. The Labute approximate surface area is 110 Å². The molecule has 0 N–H and O–H groups in total. The first-order valence-corrected chi connectivity index (χ1v) is 4.88. The molecule has 1 aromatic carbocycles. The van der Waals surface area contributed by atoms with Crippen LogP contribution in [0.4, 0.5) is 0 Å². The van der Waals surface area contributed by atoms with Crippen molar-refractivity contribution in [3.63, 3.8) is 0 Å². The first-order chi connectivity index (χ1) is 11.3. The lowest BCUT2D eigenvalue weighted by atomic mass is 10.0. The van der Waals surface area contributed by atoms with Gasteiger partial charge in [0.2, 0.25) is 5.69 Å². The zero-order chi connectivity index (χ0) is 19.3. The molecule has 0 saturated heterocycles. The highest BCUT2D eigenvalue weighted by Gasteiger charge is 2.11. The van der Waals surface area contributed by atoms with E-state index in [1.54, 1.807) is 6.92 Å². The van der Waals surface area contributed by atoms with Gasteiger partial charge in [0.15, 0.2) is 6.17 Å². The molecular weight excluding hydrogens is 194 g/mol. The number of pyridine rings is 1. The Morgan fingerprint density at radius 3 is 2.75 bits per heavy atom. The molecule has 0 aliphatic heterocycles. The maximum atomic E-state index is 8.30. The minimum atomic E-state index is -2.69. The van der Waals surface area contributed by atoms with Crippen LogP contribution in [0.25, 0.3) is 11.3 Å². The SMILES string of the molecule is [2H]c1c(C([2H])([2H])[2H])c([2H])c(-c2ccc(C([2H])([2H])[2H])cc2C)[n+](C)c1[2H]. The molecule has 0 radical (unpaired) electrons. The summed E-state index contributed by atoms with van der Waals surface area (Å²) in [5, 5.41) is 0. The smallest absolute Gasteiger partial charge is 0.201 e. The first kappa shape index (κ1) is 4.33. The van der Waals surface area contributed by atoms with Crippen LogP contribution in [-0.4, -0.2) is 0 Å². The van der Waals surface area contributed by atoms with E-state index in [0.717, 1.165) is 0 Å². The fraction of sp³-hybridized carbons (Fsp3) is 0.267. The van der Waals surface area contributed by atoms with Crippen molar-refractivity contribution in [3.05, 3.63) is 53.1 Å². The molecular formula is C15H18N+. The zero-order valence-electron chi connectivity index (χ0n) is 18.2. The monoisotopic (exact) mass is 221 g/mol. The number of hydrogen-bond acceptors (Lipinski definition) is 0. The molecule has 0 aliphatic carbocycles. The number of aromatic nitrogens is 1. The van der Waals surface area contributed by atoms with Gasteiger partial charge < -0.3 is 0 Å². The van der Waals surface area contributed by atoms with E-state index < -0.39 is 25.3 Å². The minimum absolute atomic E-state index is 0.141. The third-order valence-electron chi connectivity index (χ3n) is 2.41. The molecule has 16 heavy (non-hydrogen) atoms. The number of nitrogens with zero attached hydrogens (tertiary/aromatic N) is 1. The van der Waals surface area contributed by atoms with E-state index in [1.807, 2.05) is 0 Å². The van der Waals surface area contributed by atoms with Gasteiger partial charge in [-0.25, -0.2) is 4.57 Å². The summed E-state index contributed by atoms with van der Waals surface area (Å²) >= 11 is 0. The average molecular weight is 221 g/mol. The molecule has 0 aliphatic rings. The van der Waals surface area contributed by atoms with Gasteiger partial charge in [-0.2, -0.15) is 0 Å². The molecule has 1 heteroatoms. The lowest BCUT2D eigenvalue weighted by Gasteiger charge is -2.06. The molecule has 0 bridgehead atoms. The Balaban J connectivity index is 2.83. The quantitative estimate of drug-likeness (QED) is 0.652. The summed E-state index contributed by atoms with van der Waals surface area (Å²) in [6.45, 7) is -3.30. The van der Waals surface area contributed by atoms with E-state index >= 15 is 0 Å². The van der Waals surface area contributed by atoms with E-state index in [0.29, 0.717) is 11.1 Å². The van der Waals surface area contributed by atoms with Gasteiger partial charge in [0.1, 0.15) is 8.42 Å². The number of hydrogen-bond donors (Lipinski definition) is 0. The highest BCUT2D eigenvalue weighted by molar-refractivity contribution is 5.61. The maximum Gasteiger partial charge on any atom is 0.212 e. The first-order valence-electron chi connectivity index (χ1n) is 9.38. The van der Waals surface area contributed by atoms with E-state index in [2.05, 4.69) is 0 Å². The molecule has 0 atom stereocenters. The summed E-state index contributed by atoms with van der Waals surface area (Å²) in [4.78, 5) is 0. The second-order valence-corrected chi connectivity index (χ2v) is 3.67. The van der Waals surface area contributed by atoms with Crippen LogP contribution in [0.15, 0.2) is 36.5 Å². The second kappa shape index (κ2) is 4.09. The van der Waals surface area contributed by atoms with Crippen molar-refractivity contribution in [1.82, 2.24) is 0 Å². The van der Waals surface area contributed by atoms with Gasteiger partial charge in [-0.05, 0) is 37.8 Å². The molecule has 1 heterocycles. The van der Waals surface area contributed by atoms with Crippen LogP contribution in [0, 0.1) is 20.6 Å². The lowest BCUT2D eigenvalue weighted by molar-refractivity contribution is -0.660. The third kappa shape index (κ3) is 1.99. The van der Waals surface area contributed by atoms with Crippen LogP contribution < -0.4 is 4.57 Å². The van der Waals surface area contributed by atoms with Crippen molar-refractivity contribution in [2.24, 2.45) is 7.05 Å².